The lowest BCUT2D eigenvalue weighted by molar-refractivity contribution is 0.172. The Bertz CT molecular complexity index is 1160. The standard InChI is InChI=1S/C21H21BrN2O5/c1-24-5-4-12(14(24)9-25)19-15(26)7-16(27)20-17(28)8-18(29-21(19)20)11-3-2-10(23)6-13(11)22/h2-3,6-8,12,14,25-27H,4-5,9,23H2,1H3/t12-,14+/m0/s1. The van der Waals surface area contributed by atoms with Crippen LogP contribution in [-0.2, 0) is 0 Å². The van der Waals surface area contributed by atoms with Crippen LogP contribution in [0.4, 0.5) is 5.69 Å². The molecule has 2 aromatic carbocycles. The Labute approximate surface area is 175 Å². The molecule has 1 aliphatic rings. The Morgan fingerprint density at radius 1 is 1.24 bits per heavy atom. The van der Waals surface area contributed by atoms with Gasteiger partial charge in [-0.05, 0) is 54.1 Å². The molecule has 5 N–H and O–H groups in total. The number of nitrogens with two attached hydrogens (primary N) is 1. The molecule has 0 spiro atoms. The number of rotatable bonds is 3. The van der Waals surface area contributed by atoms with E-state index in [4.69, 9.17) is 10.2 Å². The van der Waals surface area contributed by atoms with Gasteiger partial charge in [0, 0.05) is 45.4 Å². The number of aromatic hydroxyl groups is 2. The zero-order chi connectivity index (χ0) is 20.9. The van der Waals surface area contributed by atoms with Crippen molar-refractivity contribution in [2.75, 3.05) is 25.9 Å². The molecule has 1 aliphatic heterocycles. The zero-order valence-electron chi connectivity index (χ0n) is 15.7. The van der Waals surface area contributed by atoms with Crippen molar-refractivity contribution in [3.8, 4) is 22.8 Å². The van der Waals surface area contributed by atoms with Gasteiger partial charge in [-0.2, -0.15) is 0 Å². The van der Waals surface area contributed by atoms with Gasteiger partial charge in [0.2, 0.25) is 0 Å². The molecule has 0 aliphatic carbocycles. The van der Waals surface area contributed by atoms with Gasteiger partial charge in [-0.25, -0.2) is 0 Å². The van der Waals surface area contributed by atoms with Gasteiger partial charge in [0.15, 0.2) is 5.43 Å². The summed E-state index contributed by atoms with van der Waals surface area (Å²) in [7, 11) is 1.90. The van der Waals surface area contributed by atoms with Crippen molar-refractivity contribution in [1.29, 1.82) is 0 Å². The number of hydrogen-bond acceptors (Lipinski definition) is 7. The molecular weight excluding hydrogens is 440 g/mol. The van der Waals surface area contributed by atoms with Gasteiger partial charge in [0.1, 0.15) is 28.2 Å². The molecule has 2 atom stereocenters. The lowest BCUT2D eigenvalue weighted by Gasteiger charge is -2.24. The van der Waals surface area contributed by atoms with E-state index in [0.717, 1.165) is 6.54 Å². The smallest absolute Gasteiger partial charge is 0.197 e. The van der Waals surface area contributed by atoms with Gasteiger partial charge >= 0.3 is 0 Å². The Kier molecular flexibility index (Phi) is 5.02. The predicted molar refractivity (Wildman–Crippen MR) is 114 cm³/mol. The van der Waals surface area contributed by atoms with E-state index in [1.54, 1.807) is 18.2 Å². The van der Waals surface area contributed by atoms with E-state index in [1.165, 1.54) is 12.1 Å². The second-order valence-corrected chi connectivity index (χ2v) is 8.23. The van der Waals surface area contributed by atoms with E-state index in [0.29, 0.717) is 27.7 Å². The molecule has 1 saturated heterocycles. The number of aliphatic hydroxyl groups is 1. The van der Waals surface area contributed by atoms with Crippen LogP contribution in [0.3, 0.4) is 0 Å². The molecule has 2 heterocycles. The molecule has 7 nitrogen and oxygen atoms in total. The first-order valence-electron chi connectivity index (χ1n) is 9.21. The number of nitrogen functional groups attached to an aromatic ring is 1. The summed E-state index contributed by atoms with van der Waals surface area (Å²) in [5.41, 5.74) is 7.11. The van der Waals surface area contributed by atoms with E-state index in [2.05, 4.69) is 15.9 Å². The molecule has 0 radical (unpaired) electrons. The summed E-state index contributed by atoms with van der Waals surface area (Å²) in [6.07, 6.45) is 0.675. The second kappa shape index (κ2) is 7.37. The summed E-state index contributed by atoms with van der Waals surface area (Å²) < 4.78 is 6.74. The minimum atomic E-state index is -0.421. The molecule has 4 rings (SSSR count). The van der Waals surface area contributed by atoms with Crippen molar-refractivity contribution >= 4 is 32.6 Å². The first-order chi connectivity index (χ1) is 13.8. The number of benzene rings is 2. The lowest BCUT2D eigenvalue weighted by atomic mass is 9.89. The number of halogens is 1. The van der Waals surface area contributed by atoms with Crippen LogP contribution in [-0.4, -0.2) is 46.5 Å². The fraction of sp³-hybridized carbons (Fsp3) is 0.286. The Morgan fingerprint density at radius 2 is 2.00 bits per heavy atom. The average Bonchev–Trinajstić information content (AvgIpc) is 3.01. The molecule has 1 fully saturated rings. The van der Waals surface area contributed by atoms with E-state index >= 15 is 0 Å². The van der Waals surface area contributed by atoms with Gasteiger partial charge in [0.25, 0.3) is 0 Å². The first-order valence-corrected chi connectivity index (χ1v) is 10.00. The third-order valence-electron chi connectivity index (χ3n) is 5.64. The summed E-state index contributed by atoms with van der Waals surface area (Å²) in [5.74, 6) is -0.468. The maximum atomic E-state index is 12.9. The molecule has 0 unspecified atom stereocenters. The maximum Gasteiger partial charge on any atom is 0.197 e. The van der Waals surface area contributed by atoms with Gasteiger partial charge in [-0.15, -0.1) is 0 Å². The number of anilines is 1. The van der Waals surface area contributed by atoms with Crippen LogP contribution in [0.5, 0.6) is 11.5 Å². The van der Waals surface area contributed by atoms with Crippen LogP contribution in [0.1, 0.15) is 17.9 Å². The summed E-state index contributed by atoms with van der Waals surface area (Å²) in [6, 6.07) is 7.37. The average molecular weight is 461 g/mol. The number of fused-ring (bicyclic) bond motifs is 1. The third kappa shape index (κ3) is 3.27. The molecule has 8 heteroatoms. The van der Waals surface area contributed by atoms with Crippen LogP contribution in [0.15, 0.2) is 44.0 Å². The molecule has 1 aromatic heterocycles. The van der Waals surface area contributed by atoms with Crippen LogP contribution >= 0.6 is 15.9 Å². The molecule has 0 saturated carbocycles. The highest BCUT2D eigenvalue weighted by molar-refractivity contribution is 9.10. The molecule has 3 aromatic rings. The van der Waals surface area contributed by atoms with Crippen molar-refractivity contribution in [2.24, 2.45) is 0 Å². The van der Waals surface area contributed by atoms with Gasteiger partial charge in [-0.1, -0.05) is 0 Å². The molecule has 29 heavy (non-hydrogen) atoms. The van der Waals surface area contributed by atoms with Gasteiger partial charge in [-0.3, -0.25) is 4.79 Å². The minimum Gasteiger partial charge on any atom is -0.507 e. The minimum absolute atomic E-state index is 0.0133. The number of aliphatic hydroxyl groups excluding tert-OH is 1. The highest BCUT2D eigenvalue weighted by Crippen LogP contribution is 2.44. The van der Waals surface area contributed by atoms with Gasteiger partial charge < -0.3 is 30.4 Å². The van der Waals surface area contributed by atoms with Crippen molar-refractivity contribution < 1.29 is 19.7 Å². The Balaban J connectivity index is 2.01. The number of phenolic OH excluding ortho intramolecular Hbond substituents is 2. The largest absolute Gasteiger partial charge is 0.507 e. The summed E-state index contributed by atoms with van der Waals surface area (Å²) in [4.78, 5) is 14.9. The highest BCUT2D eigenvalue weighted by atomic mass is 79.9. The maximum absolute atomic E-state index is 12.9. The number of phenols is 2. The normalized spacial score (nSPS) is 19.8. The summed E-state index contributed by atoms with van der Waals surface area (Å²) in [5, 5.41) is 30.8. The zero-order valence-corrected chi connectivity index (χ0v) is 17.3. The van der Waals surface area contributed by atoms with Gasteiger partial charge in [0.05, 0.1) is 6.61 Å². The molecule has 0 bridgehead atoms. The van der Waals surface area contributed by atoms with E-state index in [-0.39, 0.29) is 46.8 Å². The third-order valence-corrected chi connectivity index (χ3v) is 6.29. The number of hydrogen-bond donors (Lipinski definition) is 4. The molecular formula is C21H21BrN2O5. The number of likely N-dealkylation sites (tertiary alicyclic amines) is 1. The fourth-order valence-electron chi connectivity index (χ4n) is 4.16. The quantitative estimate of drug-likeness (QED) is 0.443. The fourth-order valence-corrected chi connectivity index (χ4v) is 4.75. The lowest BCUT2D eigenvalue weighted by Crippen LogP contribution is -2.32. The van der Waals surface area contributed by atoms with E-state index in [1.807, 2.05) is 11.9 Å². The summed E-state index contributed by atoms with van der Waals surface area (Å²) in [6.45, 7) is 0.627. The topological polar surface area (TPSA) is 120 Å². The Morgan fingerprint density at radius 3 is 2.69 bits per heavy atom. The van der Waals surface area contributed by atoms with Crippen LogP contribution in [0.25, 0.3) is 22.3 Å². The SMILES string of the molecule is CN1CC[C@H](c2c(O)cc(O)c3c(=O)cc(-c4ccc(N)cc4Br)oc23)[C@H]1CO. The van der Waals surface area contributed by atoms with Crippen molar-refractivity contribution in [3.05, 3.63) is 50.6 Å². The highest BCUT2D eigenvalue weighted by Gasteiger charge is 2.36. The van der Waals surface area contributed by atoms with Crippen molar-refractivity contribution in [1.82, 2.24) is 4.90 Å². The second-order valence-electron chi connectivity index (χ2n) is 7.37. The number of nitrogens with zero attached hydrogens (tertiary/aromatic N) is 1. The van der Waals surface area contributed by atoms with Crippen molar-refractivity contribution in [2.45, 2.75) is 18.4 Å². The van der Waals surface area contributed by atoms with Crippen LogP contribution < -0.4 is 11.2 Å². The van der Waals surface area contributed by atoms with Crippen LogP contribution in [0, 0.1) is 0 Å². The van der Waals surface area contributed by atoms with E-state index in [9.17, 15) is 20.1 Å². The molecule has 0 amide bonds. The summed E-state index contributed by atoms with van der Waals surface area (Å²) >= 11 is 3.43. The predicted octanol–water partition coefficient (Wildman–Crippen LogP) is 3.00. The van der Waals surface area contributed by atoms with Crippen LogP contribution in [0.2, 0.25) is 0 Å². The monoisotopic (exact) mass is 460 g/mol. The first kappa shape index (κ1) is 19.8. The number of likely N-dealkylation sites (N-methyl/N-ethyl adjacent to an activating group) is 1. The van der Waals surface area contributed by atoms with E-state index < -0.39 is 5.43 Å². The Hall–Kier alpha value is -2.55. The molecule has 152 valence electrons. The van der Waals surface area contributed by atoms with Crippen molar-refractivity contribution in [3.63, 3.8) is 0 Å².